The number of ether oxygens (including phenoxy) is 2. The van der Waals surface area contributed by atoms with E-state index in [1.807, 2.05) is 25.1 Å². The average molecular weight is 446 g/mol. The highest BCUT2D eigenvalue weighted by Gasteiger charge is 2.20. The smallest absolute Gasteiger partial charge is 0.336 e. The first-order valence-electron chi connectivity index (χ1n) is 10.3. The van der Waals surface area contributed by atoms with Gasteiger partial charge in [-0.3, -0.25) is 0 Å². The van der Waals surface area contributed by atoms with Crippen LogP contribution in [0, 0.1) is 6.92 Å². The molecule has 1 aromatic carbocycles. The zero-order valence-corrected chi connectivity index (χ0v) is 18.9. The second-order valence-corrected chi connectivity index (χ2v) is 8.84. The van der Waals surface area contributed by atoms with Gasteiger partial charge in [0.2, 0.25) is 17.0 Å². The first-order chi connectivity index (χ1) is 14.9. The summed E-state index contributed by atoms with van der Waals surface area (Å²) in [5.74, 6) is 1.49. The molecule has 0 radical (unpaired) electrons. The minimum absolute atomic E-state index is 0.0433. The van der Waals surface area contributed by atoms with Gasteiger partial charge in [-0.2, -0.15) is 19.6 Å². The van der Waals surface area contributed by atoms with E-state index < -0.39 is 11.1 Å². The number of hydrogen-bond acceptors (Lipinski definition) is 8. The van der Waals surface area contributed by atoms with Gasteiger partial charge in [0.05, 0.1) is 19.4 Å². The molecule has 0 amide bonds. The third kappa shape index (κ3) is 4.96. The fourth-order valence-electron chi connectivity index (χ4n) is 3.42. The van der Waals surface area contributed by atoms with Crippen LogP contribution in [0.2, 0.25) is 0 Å². The quantitative estimate of drug-likeness (QED) is 0.565. The average Bonchev–Trinajstić information content (AvgIpc) is 3.36. The first-order valence-corrected chi connectivity index (χ1v) is 11.7. The summed E-state index contributed by atoms with van der Waals surface area (Å²) >= 11 is -1.54. The van der Waals surface area contributed by atoms with Crippen LogP contribution in [-0.2, 0) is 22.4 Å². The summed E-state index contributed by atoms with van der Waals surface area (Å²) in [6.45, 7) is 7.95. The van der Waals surface area contributed by atoms with E-state index in [4.69, 9.17) is 13.7 Å². The van der Waals surface area contributed by atoms with E-state index in [0.29, 0.717) is 24.7 Å². The van der Waals surface area contributed by atoms with Crippen molar-refractivity contribution < 1.29 is 17.9 Å². The highest BCUT2D eigenvalue weighted by atomic mass is 32.2. The van der Waals surface area contributed by atoms with Crippen LogP contribution in [0.15, 0.2) is 24.4 Å². The van der Waals surface area contributed by atoms with Gasteiger partial charge in [0.1, 0.15) is 11.9 Å². The van der Waals surface area contributed by atoms with Crippen LogP contribution in [0.1, 0.15) is 42.9 Å². The van der Waals surface area contributed by atoms with E-state index in [2.05, 4.69) is 34.2 Å². The van der Waals surface area contributed by atoms with Crippen molar-refractivity contribution >= 4 is 22.7 Å². The number of aromatic nitrogens is 4. The zero-order chi connectivity index (χ0) is 22.0. The second kappa shape index (κ2) is 9.19. The molecule has 0 spiro atoms. The molecule has 2 unspecified atom stereocenters. The van der Waals surface area contributed by atoms with Crippen LogP contribution >= 0.6 is 0 Å². The predicted molar refractivity (Wildman–Crippen MR) is 118 cm³/mol. The molecule has 9 nitrogen and oxygen atoms in total. The van der Waals surface area contributed by atoms with Crippen molar-refractivity contribution in [3.8, 4) is 11.8 Å². The molecule has 10 heteroatoms. The van der Waals surface area contributed by atoms with Gasteiger partial charge in [-0.1, -0.05) is 26.0 Å². The van der Waals surface area contributed by atoms with Crippen molar-refractivity contribution in [3.05, 3.63) is 41.1 Å². The molecule has 1 aliphatic heterocycles. The molecule has 4 rings (SSSR count). The number of anilines is 1. The summed E-state index contributed by atoms with van der Waals surface area (Å²) in [6.07, 6.45) is 4.15. The lowest BCUT2D eigenvalue weighted by Crippen LogP contribution is -2.18. The standard InChI is InChI=1S/C21H27N5O4S/c1-13(2)17-11-23-26-19(17)24-21(30-31(4)27)25-20(26)22-10-15-6-5-14(3)9-18(15)29-16-7-8-28-12-16/h5-6,9,11,13,16H,7-8,10,12H2,1-4H3,(H,22,24,25). The molecule has 3 heterocycles. The molecule has 1 aliphatic rings. The van der Waals surface area contributed by atoms with Crippen LogP contribution in [0.3, 0.4) is 0 Å². The van der Waals surface area contributed by atoms with Crippen molar-refractivity contribution in [1.82, 2.24) is 19.6 Å². The number of benzene rings is 1. The Morgan fingerprint density at radius 1 is 1.35 bits per heavy atom. The second-order valence-electron chi connectivity index (χ2n) is 7.87. The van der Waals surface area contributed by atoms with Crippen molar-refractivity contribution in [1.29, 1.82) is 0 Å². The summed E-state index contributed by atoms with van der Waals surface area (Å²) in [7, 11) is 0. The fourth-order valence-corrected chi connectivity index (χ4v) is 3.70. The normalized spacial score (nSPS) is 17.3. The number of rotatable bonds is 8. The Balaban J connectivity index is 1.63. The third-order valence-electron chi connectivity index (χ3n) is 5.03. The Labute approximate surface area is 183 Å². The van der Waals surface area contributed by atoms with Gasteiger partial charge in [-0.05, 0) is 24.5 Å². The Morgan fingerprint density at radius 2 is 2.19 bits per heavy atom. The first kappa shape index (κ1) is 21.5. The molecule has 0 aliphatic carbocycles. The van der Waals surface area contributed by atoms with E-state index in [1.54, 1.807) is 10.7 Å². The molecule has 1 N–H and O–H groups in total. The maximum absolute atomic E-state index is 11.6. The van der Waals surface area contributed by atoms with Crippen LogP contribution < -0.4 is 14.2 Å². The Morgan fingerprint density at radius 3 is 2.90 bits per heavy atom. The van der Waals surface area contributed by atoms with Gasteiger partial charge < -0.3 is 19.0 Å². The lowest BCUT2D eigenvalue weighted by Gasteiger charge is -2.17. The highest BCUT2D eigenvalue weighted by molar-refractivity contribution is 7.79. The number of nitrogens with zero attached hydrogens (tertiary/aromatic N) is 4. The van der Waals surface area contributed by atoms with Crippen LogP contribution in [0.5, 0.6) is 11.8 Å². The molecule has 2 atom stereocenters. The Hall–Kier alpha value is -2.72. The van der Waals surface area contributed by atoms with Crippen LogP contribution in [0.4, 0.5) is 5.95 Å². The summed E-state index contributed by atoms with van der Waals surface area (Å²) < 4.78 is 30.1. The van der Waals surface area contributed by atoms with Crippen LogP contribution in [-0.4, -0.2) is 49.4 Å². The van der Waals surface area contributed by atoms with E-state index in [0.717, 1.165) is 35.5 Å². The fraction of sp³-hybridized carbons (Fsp3) is 0.476. The van der Waals surface area contributed by atoms with Gasteiger partial charge in [0, 0.05) is 30.3 Å². The summed E-state index contributed by atoms with van der Waals surface area (Å²) in [5.41, 5.74) is 3.69. The maximum Gasteiger partial charge on any atom is 0.336 e. The molecule has 2 aromatic heterocycles. The molecule has 0 saturated carbocycles. The molecule has 166 valence electrons. The summed E-state index contributed by atoms with van der Waals surface area (Å²) in [6, 6.07) is 6.16. The van der Waals surface area contributed by atoms with Gasteiger partial charge >= 0.3 is 6.01 Å². The Kier molecular flexibility index (Phi) is 6.38. The topological polar surface area (TPSA) is 99.9 Å². The van der Waals surface area contributed by atoms with Gasteiger partial charge in [0.15, 0.2) is 5.65 Å². The predicted octanol–water partition coefficient (Wildman–Crippen LogP) is 3.01. The molecular weight excluding hydrogens is 418 g/mol. The van der Waals surface area contributed by atoms with E-state index in [9.17, 15) is 4.21 Å². The van der Waals surface area contributed by atoms with Crippen molar-refractivity contribution in [2.45, 2.75) is 45.8 Å². The van der Waals surface area contributed by atoms with Crippen molar-refractivity contribution in [2.75, 3.05) is 24.8 Å². The summed E-state index contributed by atoms with van der Waals surface area (Å²) in [5, 5.41) is 7.76. The summed E-state index contributed by atoms with van der Waals surface area (Å²) in [4.78, 5) is 8.79. The largest absolute Gasteiger partial charge is 0.488 e. The van der Waals surface area contributed by atoms with E-state index in [-0.39, 0.29) is 18.0 Å². The molecule has 1 saturated heterocycles. The van der Waals surface area contributed by atoms with E-state index >= 15 is 0 Å². The minimum atomic E-state index is -1.54. The molecular formula is C21H27N5O4S. The monoisotopic (exact) mass is 445 g/mol. The van der Waals surface area contributed by atoms with Crippen LogP contribution in [0.25, 0.3) is 5.65 Å². The van der Waals surface area contributed by atoms with Gasteiger partial charge in [-0.15, -0.1) is 0 Å². The lowest BCUT2D eigenvalue weighted by atomic mass is 10.1. The lowest BCUT2D eigenvalue weighted by molar-refractivity contribution is 0.140. The third-order valence-corrected chi connectivity index (χ3v) is 5.41. The molecule has 31 heavy (non-hydrogen) atoms. The molecule has 1 fully saturated rings. The number of fused-ring (bicyclic) bond motifs is 1. The maximum atomic E-state index is 11.6. The molecule has 3 aromatic rings. The highest BCUT2D eigenvalue weighted by Crippen LogP contribution is 2.26. The Bertz CT molecular complexity index is 1090. The SMILES string of the molecule is Cc1ccc(CNc2nc(OS(C)=O)nc3c(C(C)C)cnn23)c(OC2CCOC2)c1. The number of nitrogens with one attached hydrogen (secondary N) is 1. The van der Waals surface area contributed by atoms with E-state index in [1.165, 1.54) is 6.26 Å². The minimum Gasteiger partial charge on any atom is -0.488 e. The van der Waals surface area contributed by atoms with Gasteiger partial charge in [-0.25, -0.2) is 4.21 Å². The van der Waals surface area contributed by atoms with Crippen molar-refractivity contribution in [2.24, 2.45) is 0 Å². The zero-order valence-electron chi connectivity index (χ0n) is 18.1. The van der Waals surface area contributed by atoms with Crippen molar-refractivity contribution in [3.63, 3.8) is 0 Å². The van der Waals surface area contributed by atoms with Gasteiger partial charge in [0.25, 0.3) is 0 Å². The number of hydrogen-bond donors (Lipinski definition) is 1. The number of aryl methyl sites for hydroxylation is 1. The molecule has 0 bridgehead atoms.